The SMILES string of the molecule is COc1cccc(CCc2ccccc2)c1O. The first-order chi connectivity index (χ1) is 8.31. The highest BCUT2D eigenvalue weighted by Crippen LogP contribution is 2.30. The summed E-state index contributed by atoms with van der Waals surface area (Å²) in [5.74, 6) is 0.793. The summed E-state index contributed by atoms with van der Waals surface area (Å²) in [4.78, 5) is 0. The Hall–Kier alpha value is -1.96. The molecule has 0 fully saturated rings. The molecule has 17 heavy (non-hydrogen) atoms. The molecule has 0 heterocycles. The number of aromatic hydroxyl groups is 1. The molecular formula is C15H16O2. The molecule has 0 aromatic heterocycles. The van der Waals surface area contributed by atoms with E-state index >= 15 is 0 Å². The molecule has 0 spiro atoms. The number of para-hydroxylation sites is 1. The maximum Gasteiger partial charge on any atom is 0.160 e. The van der Waals surface area contributed by atoms with Crippen LogP contribution in [0.4, 0.5) is 0 Å². The molecule has 2 aromatic carbocycles. The van der Waals surface area contributed by atoms with E-state index in [1.165, 1.54) is 5.56 Å². The van der Waals surface area contributed by atoms with E-state index in [0.29, 0.717) is 5.75 Å². The molecule has 2 nitrogen and oxygen atoms in total. The van der Waals surface area contributed by atoms with Crippen molar-refractivity contribution in [2.24, 2.45) is 0 Å². The maximum absolute atomic E-state index is 9.94. The summed E-state index contributed by atoms with van der Waals surface area (Å²) >= 11 is 0. The number of phenolic OH excluding ortho intramolecular Hbond substituents is 1. The largest absolute Gasteiger partial charge is 0.504 e. The van der Waals surface area contributed by atoms with Crippen molar-refractivity contribution in [3.63, 3.8) is 0 Å². The van der Waals surface area contributed by atoms with Crippen molar-refractivity contribution >= 4 is 0 Å². The van der Waals surface area contributed by atoms with Crippen LogP contribution in [0.3, 0.4) is 0 Å². The third kappa shape index (κ3) is 2.78. The van der Waals surface area contributed by atoms with Crippen LogP contribution in [0.15, 0.2) is 48.5 Å². The molecule has 0 radical (unpaired) electrons. The van der Waals surface area contributed by atoms with Gasteiger partial charge in [-0.15, -0.1) is 0 Å². The predicted octanol–water partition coefficient (Wildman–Crippen LogP) is 3.19. The minimum Gasteiger partial charge on any atom is -0.504 e. The molecule has 2 aromatic rings. The van der Waals surface area contributed by atoms with Gasteiger partial charge in [-0.1, -0.05) is 42.5 Å². The number of phenols is 1. The van der Waals surface area contributed by atoms with Crippen LogP contribution in [0.1, 0.15) is 11.1 Å². The maximum atomic E-state index is 9.94. The van der Waals surface area contributed by atoms with Crippen molar-refractivity contribution < 1.29 is 9.84 Å². The van der Waals surface area contributed by atoms with Gasteiger partial charge in [0, 0.05) is 0 Å². The van der Waals surface area contributed by atoms with Gasteiger partial charge in [-0.2, -0.15) is 0 Å². The predicted molar refractivity (Wildman–Crippen MR) is 68.5 cm³/mol. The van der Waals surface area contributed by atoms with E-state index in [1.807, 2.05) is 30.3 Å². The van der Waals surface area contributed by atoms with Gasteiger partial charge in [0.05, 0.1) is 7.11 Å². The Labute approximate surface area is 101 Å². The minimum absolute atomic E-state index is 0.255. The molecule has 0 bridgehead atoms. The number of hydrogen-bond acceptors (Lipinski definition) is 2. The molecule has 88 valence electrons. The Bertz CT molecular complexity index is 478. The summed E-state index contributed by atoms with van der Waals surface area (Å²) in [6, 6.07) is 15.9. The van der Waals surface area contributed by atoms with Crippen LogP contribution >= 0.6 is 0 Å². The zero-order valence-electron chi connectivity index (χ0n) is 9.89. The van der Waals surface area contributed by atoms with Crippen LogP contribution < -0.4 is 4.74 Å². The lowest BCUT2D eigenvalue weighted by Gasteiger charge is -2.08. The van der Waals surface area contributed by atoms with Gasteiger partial charge in [-0.25, -0.2) is 0 Å². The zero-order chi connectivity index (χ0) is 12.1. The molecule has 0 aliphatic heterocycles. The first kappa shape index (κ1) is 11.5. The van der Waals surface area contributed by atoms with Gasteiger partial charge in [0.2, 0.25) is 0 Å². The van der Waals surface area contributed by atoms with E-state index in [1.54, 1.807) is 13.2 Å². The fourth-order valence-electron chi connectivity index (χ4n) is 1.86. The van der Waals surface area contributed by atoms with Gasteiger partial charge in [-0.05, 0) is 30.0 Å². The van der Waals surface area contributed by atoms with Gasteiger partial charge in [0.15, 0.2) is 11.5 Å². The van der Waals surface area contributed by atoms with E-state index in [2.05, 4.69) is 12.1 Å². The highest BCUT2D eigenvalue weighted by Gasteiger charge is 2.06. The van der Waals surface area contributed by atoms with E-state index < -0.39 is 0 Å². The van der Waals surface area contributed by atoms with Crippen molar-refractivity contribution in [3.05, 3.63) is 59.7 Å². The number of methoxy groups -OCH3 is 1. The fourth-order valence-corrected chi connectivity index (χ4v) is 1.86. The van der Waals surface area contributed by atoms with Crippen LogP contribution in [0.25, 0.3) is 0 Å². The van der Waals surface area contributed by atoms with Crippen molar-refractivity contribution in [2.45, 2.75) is 12.8 Å². The number of rotatable bonds is 4. The summed E-state index contributed by atoms with van der Waals surface area (Å²) in [6.07, 6.45) is 1.73. The van der Waals surface area contributed by atoms with Gasteiger partial charge >= 0.3 is 0 Å². The summed E-state index contributed by atoms with van der Waals surface area (Å²) in [6.45, 7) is 0. The molecule has 0 saturated heterocycles. The monoisotopic (exact) mass is 228 g/mol. The smallest absolute Gasteiger partial charge is 0.160 e. The molecule has 0 amide bonds. The summed E-state index contributed by atoms with van der Waals surface area (Å²) in [5, 5.41) is 9.94. The van der Waals surface area contributed by atoms with Gasteiger partial charge < -0.3 is 9.84 Å². The molecule has 0 saturated carbocycles. The molecular weight excluding hydrogens is 212 g/mol. The minimum atomic E-state index is 0.255. The fraction of sp³-hybridized carbons (Fsp3) is 0.200. The molecule has 0 aliphatic carbocycles. The lowest BCUT2D eigenvalue weighted by Crippen LogP contribution is -1.93. The lowest BCUT2D eigenvalue weighted by molar-refractivity contribution is 0.370. The molecule has 0 aliphatic rings. The second-order valence-electron chi connectivity index (χ2n) is 3.95. The number of aryl methyl sites for hydroxylation is 2. The van der Waals surface area contributed by atoms with E-state index in [4.69, 9.17) is 4.74 Å². The average molecular weight is 228 g/mol. The Balaban J connectivity index is 2.09. The normalized spacial score (nSPS) is 10.2. The van der Waals surface area contributed by atoms with Crippen LogP contribution in [0.2, 0.25) is 0 Å². The van der Waals surface area contributed by atoms with Crippen LogP contribution in [-0.4, -0.2) is 12.2 Å². The Morgan fingerprint density at radius 2 is 1.71 bits per heavy atom. The van der Waals surface area contributed by atoms with Crippen molar-refractivity contribution in [1.29, 1.82) is 0 Å². The number of ether oxygens (including phenoxy) is 1. The summed E-state index contributed by atoms with van der Waals surface area (Å²) < 4.78 is 5.09. The third-order valence-corrected chi connectivity index (χ3v) is 2.83. The molecule has 2 rings (SSSR count). The first-order valence-corrected chi connectivity index (χ1v) is 5.70. The quantitative estimate of drug-likeness (QED) is 0.870. The van der Waals surface area contributed by atoms with Crippen molar-refractivity contribution in [2.75, 3.05) is 7.11 Å². The Morgan fingerprint density at radius 3 is 2.41 bits per heavy atom. The van der Waals surface area contributed by atoms with E-state index in [0.717, 1.165) is 18.4 Å². The number of benzene rings is 2. The summed E-state index contributed by atoms with van der Waals surface area (Å²) in [7, 11) is 1.57. The average Bonchev–Trinajstić information content (AvgIpc) is 2.39. The Morgan fingerprint density at radius 1 is 0.941 bits per heavy atom. The third-order valence-electron chi connectivity index (χ3n) is 2.83. The van der Waals surface area contributed by atoms with Gasteiger partial charge in [0.25, 0.3) is 0 Å². The van der Waals surface area contributed by atoms with E-state index in [9.17, 15) is 5.11 Å². The van der Waals surface area contributed by atoms with Crippen LogP contribution in [-0.2, 0) is 12.8 Å². The lowest BCUT2D eigenvalue weighted by atomic mass is 10.0. The van der Waals surface area contributed by atoms with Crippen LogP contribution in [0.5, 0.6) is 11.5 Å². The molecule has 2 heteroatoms. The topological polar surface area (TPSA) is 29.5 Å². The summed E-state index contributed by atoms with van der Waals surface area (Å²) in [5.41, 5.74) is 2.20. The standard InChI is InChI=1S/C15H16O2/c1-17-14-9-5-8-13(15(14)16)11-10-12-6-3-2-4-7-12/h2-9,16H,10-11H2,1H3. The second kappa shape index (κ2) is 5.39. The van der Waals surface area contributed by atoms with Crippen molar-refractivity contribution in [3.8, 4) is 11.5 Å². The second-order valence-corrected chi connectivity index (χ2v) is 3.95. The van der Waals surface area contributed by atoms with Crippen LogP contribution in [0, 0.1) is 0 Å². The number of hydrogen-bond donors (Lipinski definition) is 1. The highest BCUT2D eigenvalue weighted by atomic mass is 16.5. The molecule has 0 unspecified atom stereocenters. The van der Waals surface area contributed by atoms with Gasteiger partial charge in [-0.3, -0.25) is 0 Å². The van der Waals surface area contributed by atoms with Crippen molar-refractivity contribution in [1.82, 2.24) is 0 Å². The zero-order valence-corrected chi connectivity index (χ0v) is 9.89. The Kier molecular flexibility index (Phi) is 3.66. The van der Waals surface area contributed by atoms with Gasteiger partial charge in [0.1, 0.15) is 0 Å². The van der Waals surface area contributed by atoms with E-state index in [-0.39, 0.29) is 5.75 Å². The highest BCUT2D eigenvalue weighted by molar-refractivity contribution is 5.45. The first-order valence-electron chi connectivity index (χ1n) is 5.70. The molecule has 1 N–H and O–H groups in total. The molecule has 0 atom stereocenters.